The number of nitrogen functional groups attached to an aromatic ring is 1. The van der Waals surface area contributed by atoms with Gasteiger partial charge in [-0.05, 0) is 40.2 Å². The normalized spacial score (nSPS) is 11.5. The molecule has 21 heavy (non-hydrogen) atoms. The van der Waals surface area contributed by atoms with Gasteiger partial charge in [0.2, 0.25) is 10.0 Å². The second-order valence-electron chi connectivity index (χ2n) is 4.12. The minimum Gasteiger partial charge on any atom is -0.478 e. The van der Waals surface area contributed by atoms with Crippen molar-refractivity contribution in [2.24, 2.45) is 0 Å². The van der Waals surface area contributed by atoms with Crippen LogP contribution in [0.5, 0.6) is 0 Å². The van der Waals surface area contributed by atoms with Gasteiger partial charge in [0.25, 0.3) is 0 Å². The van der Waals surface area contributed by atoms with Gasteiger partial charge in [-0.15, -0.1) is 11.3 Å². The van der Waals surface area contributed by atoms with Crippen LogP contribution in [0.3, 0.4) is 0 Å². The molecule has 0 aliphatic carbocycles. The fraction of sp³-hybridized carbons (Fsp3) is 0.0833. The molecule has 6 nitrogen and oxygen atoms in total. The molecule has 0 fully saturated rings. The van der Waals surface area contributed by atoms with Crippen LogP contribution in [0.4, 0.5) is 5.69 Å². The zero-order valence-corrected chi connectivity index (χ0v) is 13.8. The number of benzene rings is 1. The number of nitrogens with two attached hydrogens (primary N) is 1. The van der Waals surface area contributed by atoms with E-state index in [1.54, 1.807) is 6.07 Å². The summed E-state index contributed by atoms with van der Waals surface area (Å²) in [4.78, 5) is 11.6. The van der Waals surface area contributed by atoms with Crippen LogP contribution in [-0.2, 0) is 16.6 Å². The fourth-order valence-corrected chi connectivity index (χ4v) is 4.31. The van der Waals surface area contributed by atoms with Crippen LogP contribution < -0.4 is 10.5 Å². The van der Waals surface area contributed by atoms with Crippen molar-refractivity contribution in [3.05, 3.63) is 44.6 Å². The minimum atomic E-state index is -3.94. The van der Waals surface area contributed by atoms with Crippen molar-refractivity contribution >= 4 is 48.9 Å². The highest BCUT2D eigenvalue weighted by molar-refractivity contribution is 9.10. The number of aromatic carboxylic acids is 1. The Kier molecular flexibility index (Phi) is 4.67. The molecule has 1 heterocycles. The van der Waals surface area contributed by atoms with E-state index < -0.39 is 16.0 Å². The molecule has 9 heteroatoms. The zero-order valence-electron chi connectivity index (χ0n) is 10.5. The molecular formula is C12H11BrN2O4S2. The minimum absolute atomic E-state index is 0.0854. The van der Waals surface area contributed by atoms with Crippen molar-refractivity contribution in [1.29, 1.82) is 0 Å². The Morgan fingerprint density at radius 1 is 1.38 bits per heavy atom. The second kappa shape index (κ2) is 6.14. The average molecular weight is 391 g/mol. The van der Waals surface area contributed by atoms with E-state index in [1.807, 2.05) is 5.38 Å². The van der Waals surface area contributed by atoms with Gasteiger partial charge in [0, 0.05) is 27.0 Å². The molecule has 0 atom stereocenters. The molecule has 0 radical (unpaired) electrons. The van der Waals surface area contributed by atoms with E-state index in [0.717, 1.165) is 15.4 Å². The molecule has 0 saturated heterocycles. The molecule has 0 aliphatic heterocycles. The summed E-state index contributed by atoms with van der Waals surface area (Å²) in [5.41, 5.74) is 5.33. The smallest absolute Gasteiger partial charge is 0.337 e. The lowest BCUT2D eigenvalue weighted by Gasteiger charge is -2.09. The second-order valence-corrected chi connectivity index (χ2v) is 7.76. The molecule has 0 aliphatic rings. The molecule has 0 saturated carbocycles. The average Bonchev–Trinajstić information content (AvgIpc) is 2.82. The molecule has 0 amide bonds. The largest absolute Gasteiger partial charge is 0.478 e. The zero-order chi connectivity index (χ0) is 15.6. The Balaban J connectivity index is 2.29. The molecule has 4 N–H and O–H groups in total. The molecule has 0 unspecified atom stereocenters. The molecule has 0 spiro atoms. The number of anilines is 1. The Morgan fingerprint density at radius 3 is 2.67 bits per heavy atom. The van der Waals surface area contributed by atoms with E-state index in [-0.39, 0.29) is 22.7 Å². The van der Waals surface area contributed by atoms with E-state index in [4.69, 9.17) is 10.8 Å². The van der Waals surface area contributed by atoms with Crippen molar-refractivity contribution in [2.75, 3.05) is 5.73 Å². The predicted molar refractivity (Wildman–Crippen MR) is 83.9 cm³/mol. The van der Waals surface area contributed by atoms with Gasteiger partial charge in [0.05, 0.1) is 10.5 Å². The summed E-state index contributed by atoms with van der Waals surface area (Å²) in [6.45, 7) is 0.0854. The number of thiophene rings is 1. The maximum atomic E-state index is 12.2. The van der Waals surface area contributed by atoms with Crippen molar-refractivity contribution < 1.29 is 18.3 Å². The van der Waals surface area contributed by atoms with Crippen LogP contribution in [0.1, 0.15) is 15.2 Å². The number of halogens is 1. The topological polar surface area (TPSA) is 109 Å². The van der Waals surface area contributed by atoms with E-state index in [2.05, 4.69) is 20.7 Å². The van der Waals surface area contributed by atoms with E-state index in [0.29, 0.717) is 0 Å². The summed E-state index contributed by atoms with van der Waals surface area (Å²) >= 11 is 4.67. The van der Waals surface area contributed by atoms with Crippen LogP contribution in [0.2, 0.25) is 0 Å². The summed E-state index contributed by atoms with van der Waals surface area (Å²) in [6, 6.07) is 5.45. The third kappa shape index (κ3) is 3.82. The number of carboxylic acids is 1. The fourth-order valence-electron chi connectivity index (χ4n) is 1.64. The third-order valence-corrected chi connectivity index (χ3v) is 5.74. The van der Waals surface area contributed by atoms with Crippen LogP contribution >= 0.6 is 27.3 Å². The number of carbonyl (C=O) groups is 1. The number of carboxylic acid groups (broad SMARTS) is 1. The van der Waals surface area contributed by atoms with Gasteiger partial charge in [-0.2, -0.15) is 0 Å². The lowest BCUT2D eigenvalue weighted by atomic mass is 10.2. The Hall–Kier alpha value is -1.42. The highest BCUT2D eigenvalue weighted by Crippen LogP contribution is 2.22. The number of sulfonamides is 1. The first-order valence-electron chi connectivity index (χ1n) is 5.65. The van der Waals surface area contributed by atoms with Crippen LogP contribution in [0.25, 0.3) is 0 Å². The maximum absolute atomic E-state index is 12.2. The van der Waals surface area contributed by atoms with Crippen molar-refractivity contribution in [3.63, 3.8) is 0 Å². The van der Waals surface area contributed by atoms with Gasteiger partial charge in [-0.1, -0.05) is 0 Å². The van der Waals surface area contributed by atoms with Gasteiger partial charge in [-0.25, -0.2) is 17.9 Å². The highest BCUT2D eigenvalue weighted by Gasteiger charge is 2.22. The van der Waals surface area contributed by atoms with Gasteiger partial charge < -0.3 is 10.8 Å². The lowest BCUT2D eigenvalue weighted by Crippen LogP contribution is -2.25. The van der Waals surface area contributed by atoms with Crippen LogP contribution in [0.15, 0.2) is 39.0 Å². The molecule has 112 valence electrons. The Bertz CT molecular complexity index is 786. The predicted octanol–water partition coefficient (Wildman–Crippen LogP) is 2.27. The van der Waals surface area contributed by atoms with E-state index in [9.17, 15) is 13.2 Å². The highest BCUT2D eigenvalue weighted by atomic mass is 79.9. The SMILES string of the molecule is Nc1ccc(S(=O)(=O)NCc2cc(Br)cs2)c(C(=O)O)c1. The number of rotatable bonds is 5. The van der Waals surface area contributed by atoms with Crippen molar-refractivity contribution in [2.45, 2.75) is 11.4 Å². The Morgan fingerprint density at radius 2 is 2.10 bits per heavy atom. The van der Waals surface area contributed by atoms with Crippen molar-refractivity contribution in [1.82, 2.24) is 4.72 Å². The van der Waals surface area contributed by atoms with Crippen molar-refractivity contribution in [3.8, 4) is 0 Å². The Labute approximate surface area is 133 Å². The third-order valence-electron chi connectivity index (χ3n) is 2.58. The quantitative estimate of drug-likeness (QED) is 0.678. The van der Waals surface area contributed by atoms with Gasteiger partial charge in [-0.3, -0.25) is 0 Å². The standard InChI is InChI=1S/C12H11BrN2O4S2/c13-7-3-9(20-6-7)5-15-21(18,19)11-2-1-8(14)4-10(11)12(16)17/h1-4,6,15H,5,14H2,(H,16,17). The number of nitrogens with one attached hydrogen (secondary N) is 1. The monoisotopic (exact) mass is 390 g/mol. The molecular weight excluding hydrogens is 380 g/mol. The molecule has 2 rings (SSSR count). The maximum Gasteiger partial charge on any atom is 0.337 e. The van der Waals surface area contributed by atoms with E-state index in [1.165, 1.54) is 23.5 Å². The van der Waals surface area contributed by atoms with Gasteiger partial charge in [0.15, 0.2) is 0 Å². The number of hydrogen-bond donors (Lipinski definition) is 3. The van der Waals surface area contributed by atoms with Gasteiger partial charge >= 0.3 is 5.97 Å². The first kappa shape index (κ1) is 16.0. The molecule has 0 bridgehead atoms. The number of hydrogen-bond acceptors (Lipinski definition) is 5. The molecule has 2 aromatic rings. The summed E-state index contributed by atoms with van der Waals surface area (Å²) < 4.78 is 27.7. The van der Waals surface area contributed by atoms with Crippen LogP contribution in [0, 0.1) is 0 Å². The first-order chi connectivity index (χ1) is 9.79. The molecule has 1 aromatic carbocycles. The summed E-state index contributed by atoms with van der Waals surface area (Å²) in [6.07, 6.45) is 0. The van der Waals surface area contributed by atoms with E-state index >= 15 is 0 Å². The summed E-state index contributed by atoms with van der Waals surface area (Å²) in [7, 11) is -3.94. The molecule has 1 aromatic heterocycles. The lowest BCUT2D eigenvalue weighted by molar-refractivity contribution is 0.0692. The summed E-state index contributed by atoms with van der Waals surface area (Å²) in [5, 5.41) is 10.9. The first-order valence-corrected chi connectivity index (χ1v) is 8.80. The summed E-state index contributed by atoms with van der Waals surface area (Å²) in [5.74, 6) is -1.35. The van der Waals surface area contributed by atoms with Gasteiger partial charge in [0.1, 0.15) is 0 Å². The van der Waals surface area contributed by atoms with Crippen LogP contribution in [-0.4, -0.2) is 19.5 Å².